The van der Waals surface area contributed by atoms with Crippen LogP contribution >= 0.6 is 15.9 Å². The van der Waals surface area contributed by atoms with Gasteiger partial charge in [0.15, 0.2) is 0 Å². The van der Waals surface area contributed by atoms with E-state index in [4.69, 9.17) is 4.74 Å². The van der Waals surface area contributed by atoms with Crippen molar-refractivity contribution in [3.05, 3.63) is 29.8 Å². The molecule has 0 saturated carbocycles. The van der Waals surface area contributed by atoms with Crippen LogP contribution in [0.15, 0.2) is 29.2 Å². The van der Waals surface area contributed by atoms with Crippen LogP contribution in [0.2, 0.25) is 0 Å². The zero-order valence-corrected chi connectivity index (χ0v) is 16.5. The SMILES string of the molecule is CCCCC[C@@H](Br)[C@H]1CCOC(=O)N1S(=O)(=O)c1ccc(C)cc1. The molecule has 0 N–H and O–H groups in total. The minimum atomic E-state index is -3.92. The van der Waals surface area contributed by atoms with Crippen LogP contribution in [0.4, 0.5) is 4.79 Å². The van der Waals surface area contributed by atoms with Gasteiger partial charge in [0, 0.05) is 11.2 Å². The van der Waals surface area contributed by atoms with Crippen LogP contribution in [0.3, 0.4) is 0 Å². The summed E-state index contributed by atoms with van der Waals surface area (Å²) in [5.41, 5.74) is 0.963. The van der Waals surface area contributed by atoms with Gasteiger partial charge in [-0.3, -0.25) is 0 Å². The lowest BCUT2D eigenvalue weighted by Crippen LogP contribution is -2.52. The number of sulfonamides is 1. The van der Waals surface area contributed by atoms with Gasteiger partial charge in [0.05, 0.1) is 17.5 Å². The van der Waals surface area contributed by atoms with E-state index in [1.54, 1.807) is 12.1 Å². The molecule has 24 heavy (non-hydrogen) atoms. The van der Waals surface area contributed by atoms with Crippen LogP contribution in [0.25, 0.3) is 0 Å². The number of carbonyl (C=O) groups excluding carboxylic acids is 1. The maximum Gasteiger partial charge on any atom is 0.424 e. The van der Waals surface area contributed by atoms with Gasteiger partial charge in [0.2, 0.25) is 0 Å². The van der Waals surface area contributed by atoms with Gasteiger partial charge in [-0.15, -0.1) is 0 Å². The molecule has 7 heteroatoms. The minimum absolute atomic E-state index is 0.0721. The van der Waals surface area contributed by atoms with Crippen LogP contribution in [0.1, 0.15) is 44.6 Å². The van der Waals surface area contributed by atoms with E-state index in [-0.39, 0.29) is 16.3 Å². The first-order chi connectivity index (χ1) is 11.4. The molecule has 1 heterocycles. The maximum absolute atomic E-state index is 13.0. The molecule has 1 amide bonds. The van der Waals surface area contributed by atoms with Crippen molar-refractivity contribution in [1.29, 1.82) is 0 Å². The van der Waals surface area contributed by atoms with Crippen LogP contribution in [0.5, 0.6) is 0 Å². The first kappa shape index (κ1) is 19.2. The van der Waals surface area contributed by atoms with Gasteiger partial charge in [-0.1, -0.05) is 59.8 Å². The molecule has 2 atom stereocenters. The minimum Gasteiger partial charge on any atom is -0.449 e. The Labute approximate surface area is 152 Å². The summed E-state index contributed by atoms with van der Waals surface area (Å²) in [7, 11) is -3.92. The van der Waals surface area contributed by atoms with Gasteiger partial charge >= 0.3 is 6.09 Å². The Kier molecular flexibility index (Phi) is 6.69. The third-order valence-corrected chi connectivity index (χ3v) is 7.07. The summed E-state index contributed by atoms with van der Waals surface area (Å²) >= 11 is 3.60. The Morgan fingerprint density at radius 1 is 1.29 bits per heavy atom. The predicted molar refractivity (Wildman–Crippen MR) is 96.8 cm³/mol. The van der Waals surface area contributed by atoms with Crippen LogP contribution in [0, 0.1) is 6.92 Å². The van der Waals surface area contributed by atoms with Crippen molar-refractivity contribution in [3.8, 4) is 0 Å². The summed E-state index contributed by atoms with van der Waals surface area (Å²) in [6, 6.07) is 6.09. The number of nitrogens with zero attached hydrogens (tertiary/aromatic N) is 1. The first-order valence-corrected chi connectivity index (χ1v) is 10.7. The van der Waals surface area contributed by atoms with Crippen molar-refractivity contribution < 1.29 is 17.9 Å². The number of benzene rings is 1. The van der Waals surface area contributed by atoms with Gasteiger partial charge in [-0.05, 0) is 25.5 Å². The smallest absolute Gasteiger partial charge is 0.424 e. The number of rotatable bonds is 7. The van der Waals surface area contributed by atoms with Crippen LogP contribution in [-0.4, -0.2) is 36.3 Å². The molecular formula is C17H24BrNO4S. The molecule has 1 aliphatic heterocycles. The van der Waals surface area contributed by atoms with Gasteiger partial charge < -0.3 is 4.74 Å². The standard InChI is InChI=1S/C17H24BrNO4S/c1-3-4-5-6-15(18)16-11-12-23-17(20)19(16)24(21,22)14-9-7-13(2)8-10-14/h7-10,15-16H,3-6,11-12H2,1-2H3/t15-,16-/m1/s1. The third-order valence-electron chi connectivity index (χ3n) is 4.20. The molecule has 1 aromatic rings. The number of unbranched alkanes of at least 4 members (excludes halogenated alkanes) is 2. The summed E-state index contributed by atoms with van der Waals surface area (Å²) in [4.78, 5) is 12.3. The van der Waals surface area contributed by atoms with E-state index in [9.17, 15) is 13.2 Å². The monoisotopic (exact) mass is 417 g/mol. The quantitative estimate of drug-likeness (QED) is 0.491. The molecule has 0 unspecified atom stereocenters. The Morgan fingerprint density at radius 3 is 2.58 bits per heavy atom. The fraction of sp³-hybridized carbons (Fsp3) is 0.588. The van der Waals surface area contributed by atoms with Crippen molar-refractivity contribution in [2.75, 3.05) is 6.61 Å². The topological polar surface area (TPSA) is 63.7 Å². The molecule has 5 nitrogen and oxygen atoms in total. The zero-order valence-electron chi connectivity index (χ0n) is 14.1. The van der Waals surface area contributed by atoms with Crippen molar-refractivity contribution >= 4 is 32.0 Å². The normalized spacial score (nSPS) is 19.9. The highest BCUT2D eigenvalue weighted by Gasteiger charge is 2.42. The molecule has 1 fully saturated rings. The van der Waals surface area contributed by atoms with E-state index in [0.29, 0.717) is 6.42 Å². The van der Waals surface area contributed by atoms with E-state index in [0.717, 1.165) is 35.6 Å². The van der Waals surface area contributed by atoms with Crippen molar-refractivity contribution in [2.45, 2.75) is 61.7 Å². The Balaban J connectivity index is 2.27. The van der Waals surface area contributed by atoms with E-state index in [1.165, 1.54) is 12.1 Å². The highest BCUT2D eigenvalue weighted by Crippen LogP contribution is 2.30. The fourth-order valence-corrected chi connectivity index (χ4v) is 5.34. The third kappa shape index (κ3) is 4.30. The van der Waals surface area contributed by atoms with Crippen LogP contribution < -0.4 is 0 Å². The molecule has 1 aromatic carbocycles. The summed E-state index contributed by atoms with van der Waals surface area (Å²) in [5, 5.41) is 0. The number of aryl methyl sites for hydroxylation is 1. The number of ether oxygens (including phenoxy) is 1. The molecule has 134 valence electrons. The molecular weight excluding hydrogens is 394 g/mol. The number of cyclic esters (lactones) is 1. The second-order valence-electron chi connectivity index (χ2n) is 6.10. The average Bonchev–Trinajstić information content (AvgIpc) is 2.55. The van der Waals surface area contributed by atoms with Gasteiger partial charge in [0.1, 0.15) is 0 Å². The average molecular weight is 418 g/mol. The molecule has 1 saturated heterocycles. The molecule has 0 aromatic heterocycles. The van der Waals surface area contributed by atoms with E-state index >= 15 is 0 Å². The van der Waals surface area contributed by atoms with Crippen molar-refractivity contribution in [2.24, 2.45) is 0 Å². The summed E-state index contributed by atoms with van der Waals surface area (Å²) in [5.74, 6) is 0. The zero-order chi connectivity index (χ0) is 17.7. The molecule has 0 radical (unpaired) electrons. The second-order valence-corrected chi connectivity index (χ2v) is 9.09. The van der Waals surface area contributed by atoms with E-state index < -0.39 is 22.2 Å². The Morgan fingerprint density at radius 2 is 1.96 bits per heavy atom. The van der Waals surface area contributed by atoms with Gasteiger partial charge in [0.25, 0.3) is 10.0 Å². The largest absolute Gasteiger partial charge is 0.449 e. The number of hydrogen-bond donors (Lipinski definition) is 0. The number of hydrogen-bond acceptors (Lipinski definition) is 4. The lowest BCUT2D eigenvalue weighted by molar-refractivity contribution is 0.0781. The number of alkyl halides is 1. The Bertz CT molecular complexity index is 660. The predicted octanol–water partition coefficient (Wildman–Crippen LogP) is 4.24. The van der Waals surface area contributed by atoms with Crippen molar-refractivity contribution in [3.63, 3.8) is 0 Å². The lowest BCUT2D eigenvalue weighted by Gasteiger charge is -2.36. The second kappa shape index (κ2) is 8.34. The lowest BCUT2D eigenvalue weighted by atomic mass is 10.0. The summed E-state index contributed by atoms with van der Waals surface area (Å²) in [6.07, 6.45) is 3.72. The summed E-state index contributed by atoms with van der Waals surface area (Å²) < 4.78 is 31.9. The van der Waals surface area contributed by atoms with Crippen LogP contribution in [-0.2, 0) is 14.8 Å². The van der Waals surface area contributed by atoms with Gasteiger partial charge in [-0.2, -0.15) is 4.31 Å². The molecule has 0 bridgehead atoms. The molecule has 2 rings (SSSR count). The highest BCUT2D eigenvalue weighted by molar-refractivity contribution is 9.09. The number of carbonyl (C=O) groups is 1. The molecule has 0 aliphatic carbocycles. The number of halogens is 1. The number of amides is 1. The van der Waals surface area contributed by atoms with Gasteiger partial charge in [-0.25, -0.2) is 13.2 Å². The first-order valence-electron chi connectivity index (χ1n) is 8.30. The highest BCUT2D eigenvalue weighted by atomic mass is 79.9. The molecule has 1 aliphatic rings. The van der Waals surface area contributed by atoms with Crippen molar-refractivity contribution in [1.82, 2.24) is 4.31 Å². The van der Waals surface area contributed by atoms with E-state index in [2.05, 4.69) is 22.9 Å². The Hall–Kier alpha value is -1.08. The molecule has 0 spiro atoms. The fourth-order valence-electron chi connectivity index (χ4n) is 2.79. The maximum atomic E-state index is 13.0. The van der Waals surface area contributed by atoms with E-state index in [1.807, 2.05) is 6.92 Å². The summed E-state index contributed by atoms with van der Waals surface area (Å²) in [6.45, 7) is 4.26.